The number of nitrogens with zero attached hydrogens (tertiary/aromatic N) is 2. The molecule has 3 rings (SSSR count). The van der Waals surface area contributed by atoms with Gasteiger partial charge >= 0.3 is 5.69 Å². The van der Waals surface area contributed by atoms with E-state index in [1.807, 2.05) is 0 Å². The van der Waals surface area contributed by atoms with Crippen molar-refractivity contribution in [3.8, 4) is 11.1 Å². The van der Waals surface area contributed by atoms with E-state index in [2.05, 4.69) is 0 Å². The number of aromatic nitrogens is 2. The smallest absolute Gasteiger partial charge is 0.282 e. The third-order valence-corrected chi connectivity index (χ3v) is 6.09. The molecule has 1 aromatic heterocycles. The van der Waals surface area contributed by atoms with Gasteiger partial charge in [-0.2, -0.15) is 0 Å². The minimum Gasteiger partial charge on any atom is -0.282 e. The highest BCUT2D eigenvalue weighted by Gasteiger charge is 2.34. The van der Waals surface area contributed by atoms with Crippen molar-refractivity contribution in [3.05, 3.63) is 51.2 Å². The molecule has 0 fully saturated rings. The molecule has 0 saturated heterocycles. The third-order valence-electron chi connectivity index (χ3n) is 4.09. The quantitative estimate of drug-likeness (QED) is 0.455. The molecule has 128 valence electrons. The van der Waals surface area contributed by atoms with Crippen LogP contribution in [0.3, 0.4) is 0 Å². The van der Waals surface area contributed by atoms with Gasteiger partial charge in [0.1, 0.15) is 0 Å². The Bertz CT molecular complexity index is 978. The van der Waals surface area contributed by atoms with Gasteiger partial charge < -0.3 is 0 Å². The molecule has 0 spiro atoms. The number of benzene rings is 1. The maximum Gasteiger partial charge on any atom is 0.332 e. The van der Waals surface area contributed by atoms with Gasteiger partial charge in [0.05, 0.1) is 11.3 Å². The van der Waals surface area contributed by atoms with Crippen molar-refractivity contribution >= 4 is 21.4 Å². The maximum atomic E-state index is 12.9. The SMILES string of the molecule is O=c1c(-c2ccccc2)c2n(c(=O)n1CCCCCl)CCS2(=O)=O. The molecule has 8 heteroatoms. The van der Waals surface area contributed by atoms with E-state index in [4.69, 9.17) is 11.6 Å². The minimum absolute atomic E-state index is 0.0755. The van der Waals surface area contributed by atoms with Crippen LogP contribution in [-0.2, 0) is 22.9 Å². The summed E-state index contributed by atoms with van der Waals surface area (Å²) in [5.41, 5.74) is -0.538. The summed E-state index contributed by atoms with van der Waals surface area (Å²) in [5, 5.41) is -0.155. The van der Waals surface area contributed by atoms with Crippen molar-refractivity contribution < 1.29 is 8.42 Å². The highest BCUT2D eigenvalue weighted by Crippen LogP contribution is 2.27. The zero-order valence-corrected chi connectivity index (χ0v) is 14.5. The Morgan fingerprint density at radius 1 is 1.08 bits per heavy atom. The van der Waals surface area contributed by atoms with Crippen molar-refractivity contribution in [1.82, 2.24) is 9.13 Å². The second kappa shape index (κ2) is 6.57. The Morgan fingerprint density at radius 2 is 1.79 bits per heavy atom. The van der Waals surface area contributed by atoms with Gasteiger partial charge in [-0.05, 0) is 18.4 Å². The molecule has 1 aromatic carbocycles. The van der Waals surface area contributed by atoms with Crippen LogP contribution in [-0.4, -0.2) is 29.2 Å². The molecule has 0 saturated carbocycles. The molecular weight excluding hydrogens is 352 g/mol. The van der Waals surface area contributed by atoms with Crippen molar-refractivity contribution in [3.63, 3.8) is 0 Å². The summed E-state index contributed by atoms with van der Waals surface area (Å²) >= 11 is 5.66. The Balaban J connectivity index is 2.31. The number of hydrogen-bond donors (Lipinski definition) is 0. The highest BCUT2D eigenvalue weighted by atomic mass is 35.5. The second-order valence-corrected chi connectivity index (χ2v) is 8.05. The zero-order chi connectivity index (χ0) is 17.3. The molecule has 1 aliphatic rings. The number of unbranched alkanes of at least 4 members (excludes halogenated alkanes) is 1. The van der Waals surface area contributed by atoms with E-state index >= 15 is 0 Å². The Kier molecular flexibility index (Phi) is 4.64. The van der Waals surface area contributed by atoms with Crippen LogP contribution in [0.25, 0.3) is 11.1 Å². The van der Waals surface area contributed by atoms with E-state index in [1.54, 1.807) is 30.3 Å². The van der Waals surface area contributed by atoms with Gasteiger partial charge in [0.2, 0.25) is 0 Å². The van der Waals surface area contributed by atoms with Crippen LogP contribution >= 0.6 is 11.6 Å². The Hall–Kier alpha value is -1.86. The predicted molar refractivity (Wildman–Crippen MR) is 92.4 cm³/mol. The lowest BCUT2D eigenvalue weighted by molar-refractivity contribution is 0.526. The molecule has 1 aliphatic heterocycles. The summed E-state index contributed by atoms with van der Waals surface area (Å²) in [6.07, 6.45) is 1.26. The molecule has 0 amide bonds. The first-order chi connectivity index (χ1) is 11.5. The molecule has 2 aromatic rings. The lowest BCUT2D eigenvalue weighted by Crippen LogP contribution is -2.41. The summed E-state index contributed by atoms with van der Waals surface area (Å²) in [7, 11) is -3.64. The van der Waals surface area contributed by atoms with Crippen LogP contribution in [0.4, 0.5) is 0 Å². The zero-order valence-electron chi connectivity index (χ0n) is 12.9. The molecule has 0 unspecified atom stereocenters. The third kappa shape index (κ3) is 2.82. The summed E-state index contributed by atoms with van der Waals surface area (Å²) in [6, 6.07) is 8.61. The fourth-order valence-corrected chi connectivity index (χ4v) is 4.75. The van der Waals surface area contributed by atoms with E-state index < -0.39 is 21.1 Å². The topological polar surface area (TPSA) is 78.1 Å². The van der Waals surface area contributed by atoms with Gasteiger partial charge in [-0.1, -0.05) is 30.3 Å². The Labute approximate surface area is 144 Å². The number of halogens is 1. The maximum absolute atomic E-state index is 12.9. The van der Waals surface area contributed by atoms with Crippen molar-refractivity contribution in [2.24, 2.45) is 0 Å². The van der Waals surface area contributed by atoms with Crippen molar-refractivity contribution in [2.75, 3.05) is 11.6 Å². The van der Waals surface area contributed by atoms with Gasteiger partial charge in [-0.3, -0.25) is 13.9 Å². The second-order valence-electron chi connectivity index (χ2n) is 5.65. The van der Waals surface area contributed by atoms with Gasteiger partial charge in [-0.25, -0.2) is 13.2 Å². The fourth-order valence-electron chi connectivity index (χ4n) is 2.92. The van der Waals surface area contributed by atoms with Crippen molar-refractivity contribution in [2.45, 2.75) is 31.0 Å². The predicted octanol–water partition coefficient (Wildman–Crippen LogP) is 1.48. The summed E-state index contributed by atoms with van der Waals surface area (Å²) in [6.45, 7) is 0.302. The van der Waals surface area contributed by atoms with Crippen LogP contribution in [0.1, 0.15) is 12.8 Å². The monoisotopic (exact) mass is 368 g/mol. The first-order valence-electron chi connectivity index (χ1n) is 7.69. The number of fused-ring (bicyclic) bond motifs is 1. The molecule has 6 nitrogen and oxygen atoms in total. The fraction of sp³-hybridized carbons (Fsp3) is 0.375. The standard InChI is InChI=1S/C16H17ClN2O4S/c17-8-4-5-9-18-14(20)13(12-6-2-1-3-7-12)15-19(16(18)21)10-11-24(15,22)23/h1-3,6-7H,4-5,8-11H2. The number of hydrogen-bond acceptors (Lipinski definition) is 4. The largest absolute Gasteiger partial charge is 0.332 e. The highest BCUT2D eigenvalue weighted by molar-refractivity contribution is 7.91. The van der Waals surface area contributed by atoms with Crippen molar-refractivity contribution in [1.29, 1.82) is 0 Å². The Morgan fingerprint density at radius 3 is 2.46 bits per heavy atom. The average Bonchev–Trinajstić information content (AvgIpc) is 2.88. The van der Waals surface area contributed by atoms with Crippen LogP contribution in [0, 0.1) is 0 Å². The summed E-state index contributed by atoms with van der Waals surface area (Å²) in [4.78, 5) is 25.5. The van der Waals surface area contributed by atoms with Crippen LogP contribution in [0.15, 0.2) is 44.9 Å². The van der Waals surface area contributed by atoms with Gasteiger partial charge in [0.15, 0.2) is 14.9 Å². The molecular formula is C16H17ClN2O4S. The van der Waals surface area contributed by atoms with Crippen LogP contribution < -0.4 is 11.2 Å². The molecule has 0 bridgehead atoms. The van der Waals surface area contributed by atoms with E-state index in [0.29, 0.717) is 24.3 Å². The molecule has 24 heavy (non-hydrogen) atoms. The minimum atomic E-state index is -3.64. The lowest BCUT2D eigenvalue weighted by Gasteiger charge is -2.13. The average molecular weight is 369 g/mol. The van der Waals surface area contributed by atoms with E-state index in [9.17, 15) is 18.0 Å². The summed E-state index contributed by atoms with van der Waals surface area (Å²) in [5.74, 6) is 0.286. The van der Waals surface area contributed by atoms with E-state index in [0.717, 1.165) is 4.57 Å². The van der Waals surface area contributed by atoms with Crippen LogP contribution in [0.2, 0.25) is 0 Å². The number of rotatable bonds is 5. The van der Waals surface area contributed by atoms with E-state index in [-0.39, 0.29) is 29.4 Å². The summed E-state index contributed by atoms with van der Waals surface area (Å²) < 4.78 is 27.1. The number of sulfone groups is 1. The van der Waals surface area contributed by atoms with Crippen LogP contribution in [0.5, 0.6) is 0 Å². The van der Waals surface area contributed by atoms with Gasteiger partial charge in [-0.15, -0.1) is 11.6 Å². The first-order valence-corrected chi connectivity index (χ1v) is 9.88. The normalized spacial score (nSPS) is 15.4. The molecule has 0 atom stereocenters. The lowest BCUT2D eigenvalue weighted by atomic mass is 10.1. The van der Waals surface area contributed by atoms with E-state index in [1.165, 1.54) is 4.57 Å². The molecule has 0 radical (unpaired) electrons. The first kappa shape index (κ1) is 17.0. The molecule has 2 heterocycles. The van der Waals surface area contributed by atoms with Gasteiger partial charge in [0, 0.05) is 19.0 Å². The van der Waals surface area contributed by atoms with Gasteiger partial charge in [0.25, 0.3) is 5.56 Å². The number of alkyl halides is 1. The molecule has 0 N–H and O–H groups in total. The molecule has 0 aliphatic carbocycles.